The summed E-state index contributed by atoms with van der Waals surface area (Å²) in [6.45, 7) is 5.71. The van der Waals surface area contributed by atoms with Crippen LogP contribution in [0.1, 0.15) is 26.3 Å². The van der Waals surface area contributed by atoms with E-state index in [1.54, 1.807) is 47.5 Å². The maximum absolute atomic E-state index is 13.0. The second-order valence-electron chi connectivity index (χ2n) is 7.48. The van der Waals surface area contributed by atoms with Crippen LogP contribution in [0.2, 0.25) is 5.02 Å². The van der Waals surface area contributed by atoms with Gasteiger partial charge in [0.05, 0.1) is 34.6 Å². The molecule has 0 unspecified atom stereocenters. The highest BCUT2D eigenvalue weighted by molar-refractivity contribution is 6.35. The topological polar surface area (TPSA) is 110 Å². The lowest BCUT2D eigenvalue weighted by molar-refractivity contribution is -0.153. The zero-order valence-electron chi connectivity index (χ0n) is 16.2. The molecular weight excluding hydrogens is 392 g/mol. The highest BCUT2D eigenvalue weighted by Gasteiger charge is 2.41. The third-order valence-electron chi connectivity index (χ3n) is 4.94. The van der Waals surface area contributed by atoms with E-state index in [0.29, 0.717) is 34.0 Å². The molecule has 1 aliphatic rings. The van der Waals surface area contributed by atoms with Crippen molar-refractivity contribution < 1.29 is 9.53 Å². The van der Waals surface area contributed by atoms with E-state index in [-0.39, 0.29) is 17.8 Å². The van der Waals surface area contributed by atoms with Crippen LogP contribution in [-0.4, -0.2) is 38.8 Å². The van der Waals surface area contributed by atoms with Crippen LogP contribution in [0.3, 0.4) is 0 Å². The van der Waals surface area contributed by atoms with Crippen molar-refractivity contribution in [2.24, 2.45) is 0 Å². The predicted octanol–water partition coefficient (Wildman–Crippen LogP) is 3.03. The van der Waals surface area contributed by atoms with Crippen molar-refractivity contribution in [2.75, 3.05) is 17.2 Å². The fraction of sp³-hybridized carbons (Fsp3) is 0.300. The number of carbonyl (C=O) groups is 1. The normalized spacial score (nSPS) is 18.8. The molecule has 1 aromatic carbocycles. The Bertz CT molecular complexity index is 1180. The molecule has 1 aliphatic heterocycles. The molecule has 148 valence electrons. The number of hydrogen-bond donors (Lipinski definition) is 1. The van der Waals surface area contributed by atoms with Crippen LogP contribution in [0, 0.1) is 11.3 Å². The monoisotopic (exact) mass is 410 g/mol. The van der Waals surface area contributed by atoms with Gasteiger partial charge in [0.15, 0.2) is 5.82 Å². The van der Waals surface area contributed by atoms with E-state index in [1.165, 1.54) is 6.33 Å². The third kappa shape index (κ3) is 3.09. The number of nitrogens with zero attached hydrogens (tertiary/aromatic N) is 5. The largest absolute Gasteiger partial charge is 0.382 e. The number of benzene rings is 1. The van der Waals surface area contributed by atoms with E-state index < -0.39 is 5.60 Å². The number of morpholine rings is 1. The number of halogens is 1. The lowest BCUT2D eigenvalue weighted by Gasteiger charge is -2.41. The Kier molecular flexibility index (Phi) is 4.45. The molecule has 3 heterocycles. The van der Waals surface area contributed by atoms with Crippen LogP contribution in [0.15, 0.2) is 30.6 Å². The minimum Gasteiger partial charge on any atom is -0.382 e. The first-order valence-electron chi connectivity index (χ1n) is 9.05. The first-order chi connectivity index (χ1) is 13.7. The molecule has 0 spiro atoms. The summed E-state index contributed by atoms with van der Waals surface area (Å²) < 4.78 is 7.37. The average molecular weight is 411 g/mol. The van der Waals surface area contributed by atoms with Crippen LogP contribution in [0.25, 0.3) is 16.8 Å². The van der Waals surface area contributed by atoms with Crippen molar-refractivity contribution in [3.63, 3.8) is 0 Å². The van der Waals surface area contributed by atoms with Gasteiger partial charge < -0.3 is 15.4 Å². The number of anilines is 2. The molecule has 2 aromatic heterocycles. The first kappa shape index (κ1) is 19.2. The molecular formula is C20H19ClN6O2. The fourth-order valence-electron chi connectivity index (χ4n) is 3.70. The third-order valence-corrected chi connectivity index (χ3v) is 5.22. The number of hydrogen-bond acceptors (Lipinski definition) is 6. The lowest BCUT2D eigenvalue weighted by Crippen LogP contribution is -2.56. The molecule has 1 fully saturated rings. The number of rotatable bonds is 2. The molecule has 1 atom stereocenters. The second kappa shape index (κ2) is 6.72. The van der Waals surface area contributed by atoms with Crippen molar-refractivity contribution in [3.05, 3.63) is 41.2 Å². The first-order valence-corrected chi connectivity index (χ1v) is 9.42. The van der Waals surface area contributed by atoms with Crippen molar-refractivity contribution in [1.82, 2.24) is 14.6 Å². The molecule has 0 aliphatic carbocycles. The van der Waals surface area contributed by atoms with E-state index in [1.807, 2.05) is 6.92 Å². The number of nitrogens with two attached hydrogens (primary N) is 1. The Morgan fingerprint density at radius 3 is 2.86 bits per heavy atom. The van der Waals surface area contributed by atoms with Gasteiger partial charge in [0.2, 0.25) is 0 Å². The Balaban J connectivity index is 1.89. The van der Waals surface area contributed by atoms with Gasteiger partial charge >= 0.3 is 0 Å². The molecule has 0 radical (unpaired) electrons. The number of amides is 1. The zero-order valence-corrected chi connectivity index (χ0v) is 16.9. The maximum Gasteiger partial charge on any atom is 0.258 e. The molecule has 1 saturated heterocycles. The minimum absolute atomic E-state index is 0.172. The fourth-order valence-corrected chi connectivity index (χ4v) is 3.98. The summed E-state index contributed by atoms with van der Waals surface area (Å²) in [5.41, 5.74) is 7.80. The SMILES string of the molecule is C[C@@H]1CN(c2cc(-c3cc(Cl)c4c(N)ncnn34)ccc2C#N)C(=O)C(C)(C)O1. The molecule has 0 saturated carbocycles. The molecule has 29 heavy (non-hydrogen) atoms. The van der Waals surface area contributed by atoms with Crippen LogP contribution < -0.4 is 10.6 Å². The zero-order chi connectivity index (χ0) is 20.9. The molecule has 3 aromatic rings. The smallest absolute Gasteiger partial charge is 0.258 e. The van der Waals surface area contributed by atoms with Gasteiger partial charge in [-0.3, -0.25) is 4.79 Å². The Morgan fingerprint density at radius 1 is 1.38 bits per heavy atom. The highest BCUT2D eigenvalue weighted by Crippen LogP contribution is 2.35. The highest BCUT2D eigenvalue weighted by atomic mass is 35.5. The summed E-state index contributed by atoms with van der Waals surface area (Å²) >= 11 is 6.35. The van der Waals surface area contributed by atoms with E-state index in [2.05, 4.69) is 16.2 Å². The molecule has 8 nitrogen and oxygen atoms in total. The summed E-state index contributed by atoms with van der Waals surface area (Å²) in [6.07, 6.45) is 1.18. The minimum atomic E-state index is -0.979. The number of nitrogen functional groups attached to an aromatic ring is 1. The number of nitriles is 1. The van der Waals surface area contributed by atoms with Crippen molar-refractivity contribution in [3.8, 4) is 17.3 Å². The molecule has 0 bridgehead atoms. The molecule has 1 amide bonds. The predicted molar refractivity (Wildman–Crippen MR) is 110 cm³/mol. The summed E-state index contributed by atoms with van der Waals surface area (Å²) in [4.78, 5) is 18.6. The van der Waals surface area contributed by atoms with E-state index in [4.69, 9.17) is 22.1 Å². The maximum atomic E-state index is 13.0. The molecule has 9 heteroatoms. The van der Waals surface area contributed by atoms with E-state index in [9.17, 15) is 10.1 Å². The van der Waals surface area contributed by atoms with Crippen molar-refractivity contribution >= 4 is 34.5 Å². The van der Waals surface area contributed by atoms with Crippen molar-refractivity contribution in [2.45, 2.75) is 32.5 Å². The Morgan fingerprint density at radius 2 is 2.14 bits per heavy atom. The van der Waals surface area contributed by atoms with E-state index in [0.717, 1.165) is 5.56 Å². The van der Waals surface area contributed by atoms with E-state index >= 15 is 0 Å². The summed E-state index contributed by atoms with van der Waals surface area (Å²) in [7, 11) is 0. The van der Waals surface area contributed by atoms with Gasteiger partial charge in [-0.05, 0) is 39.0 Å². The van der Waals surface area contributed by atoms with Gasteiger partial charge in [0.1, 0.15) is 23.5 Å². The van der Waals surface area contributed by atoms with Crippen LogP contribution >= 0.6 is 11.6 Å². The average Bonchev–Trinajstić information content (AvgIpc) is 3.02. The van der Waals surface area contributed by atoms with Gasteiger partial charge in [-0.25, -0.2) is 9.50 Å². The van der Waals surface area contributed by atoms with Gasteiger partial charge in [0, 0.05) is 5.56 Å². The number of carbonyl (C=O) groups excluding carboxylic acids is 1. The summed E-state index contributed by atoms with van der Waals surface area (Å²) in [6, 6.07) is 9.18. The second-order valence-corrected chi connectivity index (χ2v) is 7.89. The van der Waals surface area contributed by atoms with Crippen LogP contribution in [0.5, 0.6) is 0 Å². The number of ether oxygens (including phenoxy) is 1. The number of fused-ring (bicyclic) bond motifs is 1. The number of aromatic nitrogens is 3. The Hall–Kier alpha value is -3.15. The standard InChI is InChI=1S/C20H19ClN6O2/c1-11-9-26(19(28)20(2,3)29-11)15-6-12(4-5-13(15)8-22)16-7-14(21)17-18(23)24-10-25-27(16)17/h4-7,10-11H,9H2,1-3H3,(H2,23,24,25)/t11-/m1/s1. The van der Waals surface area contributed by atoms with Crippen LogP contribution in [-0.2, 0) is 9.53 Å². The molecule has 2 N–H and O–H groups in total. The van der Waals surface area contributed by atoms with Gasteiger partial charge in [-0.2, -0.15) is 10.4 Å². The van der Waals surface area contributed by atoms with Gasteiger partial charge in [-0.1, -0.05) is 17.7 Å². The van der Waals surface area contributed by atoms with Crippen molar-refractivity contribution in [1.29, 1.82) is 5.26 Å². The Labute approximate surface area is 172 Å². The molecule has 4 rings (SSSR count). The quantitative estimate of drug-likeness (QED) is 0.695. The van der Waals surface area contributed by atoms with Gasteiger partial charge in [0.25, 0.3) is 5.91 Å². The summed E-state index contributed by atoms with van der Waals surface area (Å²) in [5.74, 6) is 0.0675. The summed E-state index contributed by atoms with van der Waals surface area (Å²) in [5, 5.41) is 14.3. The van der Waals surface area contributed by atoms with Gasteiger partial charge in [-0.15, -0.1) is 0 Å². The lowest BCUT2D eigenvalue weighted by atomic mass is 10.0. The van der Waals surface area contributed by atoms with Crippen LogP contribution in [0.4, 0.5) is 11.5 Å².